The summed E-state index contributed by atoms with van der Waals surface area (Å²) in [6, 6.07) is -4.13. The van der Waals surface area contributed by atoms with Crippen molar-refractivity contribution in [2.24, 2.45) is 9.98 Å². The van der Waals surface area contributed by atoms with Gasteiger partial charge in [-0.15, -0.1) is 0 Å². The topological polar surface area (TPSA) is 43.2 Å². The fraction of sp³-hybridized carbons (Fsp3) is 0.386. The van der Waals surface area contributed by atoms with Crippen molar-refractivity contribution in [3.63, 3.8) is 0 Å². The Labute approximate surface area is 406 Å². The van der Waals surface area contributed by atoms with Crippen LogP contribution in [0.25, 0.3) is 0 Å². The Bertz CT molecular complexity index is 2130. The van der Waals surface area contributed by atoms with Crippen LogP contribution in [0.15, 0.2) is 88.8 Å². The normalized spacial score (nSPS) is 13.5. The molecule has 0 saturated heterocycles. The smallest absolute Gasteiger partial charge is 0.385 e. The summed E-state index contributed by atoms with van der Waals surface area (Å²) in [5.74, 6) is 0. The number of benzene rings is 4. The Hall–Kier alpha value is -4.60. The SMILES string of the molecule is COCCCN=C(C)C(C)=NCCCOC.FC(F)(F)c1cccc([B-](c2cc(C(F)(F)F)cc(C(F)(F)F)c2)(c2cc(C(F)(F)F)cc(C(F)(F)F)c2)c2cc(C(F)(F)F)cc(C(F)(F)F)c2)c1.[CH3-].[Pd+2]. The third kappa shape index (κ3) is 17.3. The van der Waals surface area contributed by atoms with Gasteiger partial charge in [-0.1, -0.05) is 60.7 Å². The monoisotopic (exact) mass is 1140 g/mol. The summed E-state index contributed by atoms with van der Waals surface area (Å²) in [4.78, 5) is 8.87. The van der Waals surface area contributed by atoms with Gasteiger partial charge >= 0.3 is 63.7 Å². The largest absolute Gasteiger partial charge is 2.00 e. The van der Waals surface area contributed by atoms with Gasteiger partial charge in [0.25, 0.3) is 0 Å². The van der Waals surface area contributed by atoms with Crippen LogP contribution in [-0.2, 0) is 73.1 Å². The average molecular weight is 1150 g/mol. The van der Waals surface area contributed by atoms with E-state index in [1.807, 2.05) is 13.8 Å². The van der Waals surface area contributed by atoms with Gasteiger partial charge in [-0.3, -0.25) is 9.98 Å². The van der Waals surface area contributed by atoms with E-state index in [0.717, 1.165) is 50.6 Å². The molecule has 71 heavy (non-hydrogen) atoms. The zero-order valence-electron chi connectivity index (χ0n) is 37.3. The molecule has 4 aromatic rings. The molecule has 27 heteroatoms. The zero-order valence-corrected chi connectivity index (χ0v) is 38.8. The van der Waals surface area contributed by atoms with Gasteiger partial charge < -0.3 is 16.9 Å². The van der Waals surface area contributed by atoms with E-state index in [4.69, 9.17) is 9.47 Å². The number of aliphatic imine (C=N–C) groups is 2. The van der Waals surface area contributed by atoms with Gasteiger partial charge in [-0.25, -0.2) is 0 Å². The standard InChI is InChI=1S/C31H13BF21.C12H24N2O2.CH3.Pd/c33-25(34,35)14-2-1-3-21(7-14)32(22-8-15(26(36,37)38)4-16(9-22)27(39,40)41,23-10-17(28(42,43)44)5-18(11-23)29(45,46)47)24-12-19(30(48,49)50)6-20(13-24)31(51,52)53;1-11(13-7-5-9-15-3)12(2)14-8-6-10-16-4;;/h1-13H;5-10H2,1-4H3;1H3;/q-1;;-1;+2. The van der Waals surface area contributed by atoms with E-state index in [2.05, 4.69) is 9.98 Å². The molecule has 0 unspecified atom stereocenters. The van der Waals surface area contributed by atoms with Crippen LogP contribution in [0.3, 0.4) is 0 Å². The fourth-order valence-electron chi connectivity index (χ4n) is 6.97. The third-order valence-electron chi connectivity index (χ3n) is 10.3. The van der Waals surface area contributed by atoms with E-state index in [1.165, 1.54) is 0 Å². The van der Waals surface area contributed by atoms with Crippen LogP contribution in [0.5, 0.6) is 0 Å². The van der Waals surface area contributed by atoms with Crippen molar-refractivity contribution in [2.75, 3.05) is 40.5 Å². The number of nitrogens with zero attached hydrogens (tertiary/aromatic N) is 2. The second-order valence-corrected chi connectivity index (χ2v) is 15.1. The summed E-state index contributed by atoms with van der Waals surface area (Å²) in [6.45, 7) is 7.15. The molecule has 0 bridgehead atoms. The summed E-state index contributed by atoms with van der Waals surface area (Å²) in [5, 5.41) is 0. The van der Waals surface area contributed by atoms with Crippen molar-refractivity contribution >= 4 is 39.4 Å². The summed E-state index contributed by atoms with van der Waals surface area (Å²) in [5.41, 5.74) is -21.7. The third-order valence-corrected chi connectivity index (χ3v) is 10.3. The molecule has 4 nitrogen and oxygen atoms in total. The van der Waals surface area contributed by atoms with Crippen molar-refractivity contribution < 1.29 is 122 Å². The molecule has 0 aliphatic heterocycles. The van der Waals surface area contributed by atoms with Gasteiger partial charge in [0, 0.05) is 40.5 Å². The van der Waals surface area contributed by atoms with Crippen LogP contribution in [-0.4, -0.2) is 58.1 Å². The predicted molar refractivity (Wildman–Crippen MR) is 220 cm³/mol. The maximum Gasteiger partial charge on any atom is 2.00 e. The second-order valence-electron chi connectivity index (χ2n) is 15.1. The van der Waals surface area contributed by atoms with E-state index < -0.39 is 165 Å². The van der Waals surface area contributed by atoms with Gasteiger partial charge in [-0.2, -0.15) is 114 Å². The van der Waals surface area contributed by atoms with E-state index in [9.17, 15) is 92.2 Å². The Morgan fingerprint density at radius 3 is 0.859 bits per heavy atom. The van der Waals surface area contributed by atoms with Crippen molar-refractivity contribution in [1.82, 2.24) is 0 Å². The van der Waals surface area contributed by atoms with Gasteiger partial charge in [0.15, 0.2) is 0 Å². The van der Waals surface area contributed by atoms with E-state index in [0.29, 0.717) is 0 Å². The maximum atomic E-state index is 14.1. The molecule has 0 atom stereocenters. The Morgan fingerprint density at radius 1 is 0.394 bits per heavy atom. The molecule has 4 rings (SSSR count). The van der Waals surface area contributed by atoms with Gasteiger partial charge in [0.2, 0.25) is 0 Å². The first-order valence-electron chi connectivity index (χ1n) is 19.6. The van der Waals surface area contributed by atoms with Crippen molar-refractivity contribution in [3.8, 4) is 0 Å². The number of rotatable bonds is 13. The summed E-state index contributed by atoms with van der Waals surface area (Å²) >= 11 is 0. The molecule has 0 aromatic heterocycles. The number of alkyl halides is 21. The molecule has 0 radical (unpaired) electrons. The maximum absolute atomic E-state index is 14.1. The molecule has 0 fully saturated rings. The first-order valence-corrected chi connectivity index (χ1v) is 19.6. The predicted octanol–water partition coefficient (Wildman–Crippen LogP) is 12.6. The van der Waals surface area contributed by atoms with Crippen LogP contribution in [0.4, 0.5) is 92.2 Å². The summed E-state index contributed by atoms with van der Waals surface area (Å²) in [7, 11) is 3.41. The molecule has 0 heterocycles. The van der Waals surface area contributed by atoms with Gasteiger partial charge in [0.1, 0.15) is 6.15 Å². The molecule has 0 aliphatic carbocycles. The molecule has 0 N–H and O–H groups in total. The molecule has 0 aliphatic rings. The van der Waals surface area contributed by atoms with Crippen molar-refractivity contribution in [2.45, 2.75) is 69.9 Å². The quantitative estimate of drug-likeness (QED) is 0.0440. The first kappa shape index (κ1) is 64.4. The van der Waals surface area contributed by atoms with Gasteiger partial charge in [-0.05, 0) is 44.9 Å². The molecular weight excluding hydrogens is 1100 g/mol. The van der Waals surface area contributed by atoms with Crippen LogP contribution in [0.1, 0.15) is 65.6 Å². The number of hydrogen-bond donors (Lipinski definition) is 0. The van der Waals surface area contributed by atoms with Crippen LogP contribution < -0.4 is 21.9 Å². The number of methoxy groups -OCH3 is 2. The Balaban J connectivity index is 0.00000120. The van der Waals surface area contributed by atoms with E-state index in [-0.39, 0.29) is 52.1 Å². The van der Waals surface area contributed by atoms with Crippen LogP contribution in [0.2, 0.25) is 0 Å². The average Bonchev–Trinajstić information content (AvgIpc) is 3.22. The molecule has 0 saturated carbocycles. The molecular formula is C44H40BF21N2O2Pd. The molecule has 0 amide bonds. The Kier molecular flexibility index (Phi) is 22.1. The van der Waals surface area contributed by atoms with E-state index >= 15 is 0 Å². The minimum atomic E-state index is -5.93. The number of ether oxygens (including phenoxy) is 2. The number of halogens is 21. The van der Waals surface area contributed by atoms with Crippen molar-refractivity contribution in [1.29, 1.82) is 0 Å². The van der Waals surface area contributed by atoms with Crippen LogP contribution >= 0.6 is 0 Å². The van der Waals surface area contributed by atoms with E-state index in [1.54, 1.807) is 14.2 Å². The zero-order chi connectivity index (χ0) is 52.8. The second kappa shape index (κ2) is 24.4. The number of hydrogen-bond acceptors (Lipinski definition) is 4. The summed E-state index contributed by atoms with van der Waals surface area (Å²) < 4.78 is 306. The summed E-state index contributed by atoms with van der Waals surface area (Å²) in [6.07, 6.45) is -44.5. The van der Waals surface area contributed by atoms with Gasteiger partial charge in [0.05, 0.1) is 50.4 Å². The fourth-order valence-corrected chi connectivity index (χ4v) is 6.97. The first-order chi connectivity index (χ1) is 31.4. The minimum Gasteiger partial charge on any atom is -0.385 e. The molecule has 4 aromatic carbocycles. The molecule has 398 valence electrons. The minimum absolute atomic E-state index is 0. The Morgan fingerprint density at radius 2 is 0.634 bits per heavy atom. The van der Waals surface area contributed by atoms with Crippen LogP contribution in [0, 0.1) is 7.43 Å². The molecule has 0 spiro atoms. The van der Waals surface area contributed by atoms with Crippen molar-refractivity contribution in [3.05, 3.63) is 125 Å².